The third-order valence-electron chi connectivity index (χ3n) is 8.43. The van der Waals surface area contributed by atoms with Crippen LogP contribution in [-0.4, -0.2) is 134 Å². The van der Waals surface area contributed by atoms with E-state index in [2.05, 4.69) is 16.0 Å². The number of carbonyl (C=O) groups is 4. The Morgan fingerprint density at radius 2 is 1.59 bits per heavy atom. The van der Waals surface area contributed by atoms with Gasteiger partial charge in [-0.25, -0.2) is 0 Å². The third kappa shape index (κ3) is 10.8. The van der Waals surface area contributed by atoms with Gasteiger partial charge in [0.25, 0.3) is 5.91 Å². The predicted octanol–water partition coefficient (Wildman–Crippen LogP) is 0.371. The van der Waals surface area contributed by atoms with E-state index in [0.29, 0.717) is 12.3 Å². The summed E-state index contributed by atoms with van der Waals surface area (Å²) in [6, 6.07) is -0.893. The molecule has 16 heteroatoms. The van der Waals surface area contributed by atoms with Crippen molar-refractivity contribution in [1.29, 1.82) is 0 Å². The van der Waals surface area contributed by atoms with Crippen molar-refractivity contribution in [2.75, 3.05) is 12.5 Å². The van der Waals surface area contributed by atoms with Gasteiger partial charge in [-0.15, -0.1) is 11.8 Å². The maximum atomic E-state index is 13.7. The molecule has 0 bridgehead atoms. The second-order valence-electron chi connectivity index (χ2n) is 16.1. The molecule has 11 unspecified atom stereocenters. The Labute approximate surface area is 293 Å². The van der Waals surface area contributed by atoms with Crippen LogP contribution in [0.2, 0.25) is 0 Å². The first-order valence-corrected chi connectivity index (χ1v) is 17.9. The van der Waals surface area contributed by atoms with Crippen molar-refractivity contribution in [2.24, 2.45) is 5.41 Å². The number of ether oxygens (including phenoxy) is 4. The fourth-order valence-corrected chi connectivity index (χ4v) is 7.26. The fourth-order valence-electron chi connectivity index (χ4n) is 6.01. The van der Waals surface area contributed by atoms with Gasteiger partial charge >= 0.3 is 0 Å². The van der Waals surface area contributed by atoms with E-state index in [1.54, 1.807) is 20.8 Å². The van der Waals surface area contributed by atoms with Crippen LogP contribution in [0.3, 0.4) is 0 Å². The van der Waals surface area contributed by atoms with E-state index >= 15 is 0 Å². The van der Waals surface area contributed by atoms with Gasteiger partial charge in [0.2, 0.25) is 17.7 Å². The molecule has 0 saturated carbocycles. The van der Waals surface area contributed by atoms with Crippen LogP contribution < -0.4 is 16.0 Å². The average Bonchev–Trinajstić information content (AvgIpc) is 3.22. The lowest BCUT2D eigenvalue weighted by Crippen LogP contribution is -2.69. The van der Waals surface area contributed by atoms with Gasteiger partial charge in [0.1, 0.15) is 37.2 Å². The van der Waals surface area contributed by atoms with Crippen molar-refractivity contribution in [2.45, 2.75) is 167 Å². The first-order valence-electron chi connectivity index (χ1n) is 16.9. The molecule has 0 aromatic heterocycles. The van der Waals surface area contributed by atoms with Crippen molar-refractivity contribution in [1.82, 2.24) is 20.9 Å². The van der Waals surface area contributed by atoms with Crippen molar-refractivity contribution < 1.29 is 53.4 Å². The SMILES string of the molecule is CCC1OC(C(C)(C)C)C(NC(C)=O)C(OC2OC(C(=O)NCN3C(=O)CC(SCNC(C)(C)C)C3=O)C(OC(C)(C)C)C(O)C2O)C1O. The molecule has 3 aliphatic rings. The van der Waals surface area contributed by atoms with Crippen LogP contribution in [0.5, 0.6) is 0 Å². The molecular weight excluding hydrogens is 660 g/mol. The highest BCUT2D eigenvalue weighted by molar-refractivity contribution is 8.00. The van der Waals surface area contributed by atoms with Gasteiger partial charge in [-0.2, -0.15) is 0 Å². The second-order valence-corrected chi connectivity index (χ2v) is 17.3. The highest BCUT2D eigenvalue weighted by Crippen LogP contribution is 2.37. The standard InChI is InChI=1S/C33H58N4O11S/c1-12-17-21(40)24(20(36-16(2)38)27(45-17)31(3,4)5)46-30-23(42)22(41)25(48-33(9,10)11)26(47-30)28(43)34-14-37-19(39)13-18(29(37)44)49-15-35-32(6,7)8/h17-18,20-27,30,35,40-42H,12-15H2,1-11H3,(H,34,43)(H,36,38). The summed E-state index contributed by atoms with van der Waals surface area (Å²) in [5, 5.41) is 41.9. The van der Waals surface area contributed by atoms with Crippen molar-refractivity contribution in [3.8, 4) is 0 Å². The quantitative estimate of drug-likeness (QED) is 0.126. The summed E-state index contributed by atoms with van der Waals surface area (Å²) in [7, 11) is 0. The summed E-state index contributed by atoms with van der Waals surface area (Å²) in [6.45, 7) is 19.5. The number of nitrogens with one attached hydrogen (secondary N) is 3. The van der Waals surface area contributed by atoms with Gasteiger partial charge in [-0.1, -0.05) is 27.7 Å². The molecule has 3 saturated heterocycles. The maximum Gasteiger partial charge on any atom is 0.253 e. The Bertz CT molecular complexity index is 1190. The zero-order valence-corrected chi connectivity index (χ0v) is 31.5. The van der Waals surface area contributed by atoms with Crippen LogP contribution in [0.25, 0.3) is 0 Å². The van der Waals surface area contributed by atoms with Crippen molar-refractivity contribution in [3.05, 3.63) is 0 Å². The molecule has 49 heavy (non-hydrogen) atoms. The number of likely N-dealkylation sites (tertiary alicyclic amines) is 1. The first-order chi connectivity index (χ1) is 22.4. The number of aliphatic hydroxyl groups excluding tert-OH is 3. The van der Waals surface area contributed by atoms with Gasteiger partial charge in [0.05, 0.1) is 29.1 Å². The summed E-state index contributed by atoms with van der Waals surface area (Å²) < 4.78 is 24.4. The highest BCUT2D eigenvalue weighted by Gasteiger charge is 2.55. The minimum absolute atomic E-state index is 0.0150. The van der Waals surface area contributed by atoms with E-state index in [1.807, 2.05) is 48.5 Å². The fraction of sp³-hybridized carbons (Fsp3) is 0.879. The lowest BCUT2D eigenvalue weighted by atomic mass is 9.78. The highest BCUT2D eigenvalue weighted by atomic mass is 32.2. The van der Waals surface area contributed by atoms with Crippen LogP contribution >= 0.6 is 11.8 Å². The normalized spacial score (nSPS) is 34.7. The number of carbonyl (C=O) groups excluding carboxylic acids is 4. The number of nitrogens with zero attached hydrogens (tertiary/aromatic N) is 1. The van der Waals surface area contributed by atoms with Gasteiger partial charge in [0.15, 0.2) is 12.4 Å². The van der Waals surface area contributed by atoms with Crippen LogP contribution in [0.4, 0.5) is 0 Å². The summed E-state index contributed by atoms with van der Waals surface area (Å²) in [5.74, 6) is -1.66. The number of thioether (sulfide) groups is 1. The van der Waals surface area contributed by atoms with E-state index in [0.717, 1.165) is 4.90 Å². The lowest BCUT2D eigenvalue weighted by molar-refractivity contribution is -0.335. The van der Waals surface area contributed by atoms with Gasteiger partial charge in [-0.05, 0) is 53.4 Å². The van der Waals surface area contributed by atoms with Crippen LogP contribution in [0, 0.1) is 5.41 Å². The summed E-state index contributed by atoms with van der Waals surface area (Å²) >= 11 is 1.31. The molecule has 15 nitrogen and oxygen atoms in total. The van der Waals surface area contributed by atoms with Crippen molar-refractivity contribution in [3.63, 3.8) is 0 Å². The zero-order chi connectivity index (χ0) is 37.2. The van der Waals surface area contributed by atoms with Crippen LogP contribution in [0.15, 0.2) is 0 Å². The van der Waals surface area contributed by atoms with E-state index in [9.17, 15) is 34.5 Å². The minimum atomic E-state index is -1.74. The molecule has 4 amide bonds. The third-order valence-corrected chi connectivity index (χ3v) is 9.51. The smallest absolute Gasteiger partial charge is 0.253 e. The Morgan fingerprint density at radius 3 is 2.12 bits per heavy atom. The molecule has 3 aliphatic heterocycles. The molecule has 3 rings (SSSR count). The number of amides is 4. The first kappa shape index (κ1) is 41.5. The Hall–Kier alpha value is -1.89. The topological polar surface area (TPSA) is 205 Å². The molecular formula is C33H58N4O11S. The number of aliphatic hydroxyl groups is 3. The van der Waals surface area contributed by atoms with Crippen molar-refractivity contribution >= 4 is 35.4 Å². The summed E-state index contributed by atoms with van der Waals surface area (Å²) in [4.78, 5) is 52.8. The average molecular weight is 719 g/mol. The molecule has 0 spiro atoms. The van der Waals surface area contributed by atoms with Crippen LogP contribution in [-0.2, 0) is 38.1 Å². The van der Waals surface area contributed by atoms with E-state index in [1.165, 1.54) is 18.7 Å². The van der Waals surface area contributed by atoms with Gasteiger partial charge in [0, 0.05) is 24.8 Å². The minimum Gasteiger partial charge on any atom is -0.388 e. The molecule has 3 fully saturated rings. The molecule has 0 aromatic carbocycles. The molecule has 0 radical (unpaired) electrons. The van der Waals surface area contributed by atoms with E-state index < -0.39 is 108 Å². The Morgan fingerprint density at radius 1 is 0.959 bits per heavy atom. The van der Waals surface area contributed by atoms with Gasteiger partial charge in [-0.3, -0.25) is 24.1 Å². The zero-order valence-electron chi connectivity index (χ0n) is 30.6. The van der Waals surface area contributed by atoms with E-state index in [-0.39, 0.29) is 12.0 Å². The Kier molecular flexibility index (Phi) is 13.7. The number of imide groups is 1. The van der Waals surface area contributed by atoms with Gasteiger partial charge < -0.3 is 50.2 Å². The largest absolute Gasteiger partial charge is 0.388 e. The van der Waals surface area contributed by atoms with Crippen LogP contribution in [0.1, 0.15) is 89.0 Å². The predicted molar refractivity (Wildman–Crippen MR) is 181 cm³/mol. The summed E-state index contributed by atoms with van der Waals surface area (Å²) in [6.07, 6.45) is -11.4. The maximum absolute atomic E-state index is 13.7. The number of hydrogen-bond donors (Lipinski definition) is 6. The van der Waals surface area contributed by atoms with E-state index in [4.69, 9.17) is 18.9 Å². The molecule has 3 heterocycles. The Balaban J connectivity index is 1.84. The monoisotopic (exact) mass is 718 g/mol. The number of rotatable bonds is 11. The molecule has 0 aliphatic carbocycles. The number of hydrogen-bond acceptors (Lipinski definition) is 13. The molecule has 11 atom stereocenters. The summed E-state index contributed by atoms with van der Waals surface area (Å²) in [5.41, 5.74) is -1.58. The molecule has 0 aromatic rings. The lowest BCUT2D eigenvalue weighted by Gasteiger charge is -2.51. The molecule has 6 N–H and O–H groups in total. The molecule has 282 valence electrons. The second kappa shape index (κ2) is 16.2.